The Hall–Kier alpha value is -1.80. The molecule has 0 aromatic heterocycles. The highest BCUT2D eigenvalue weighted by atomic mass is 19.1. The van der Waals surface area contributed by atoms with Crippen LogP contribution in [0.15, 0.2) is 23.8 Å². The summed E-state index contributed by atoms with van der Waals surface area (Å²) >= 11 is 0. The minimum absolute atomic E-state index is 0.224. The number of rotatable bonds is 34. The van der Waals surface area contributed by atoms with Gasteiger partial charge in [0.2, 0.25) is 0 Å². The maximum atomic E-state index is 14.4. The van der Waals surface area contributed by atoms with Crippen molar-refractivity contribution in [1.82, 2.24) is 10.6 Å². The average Bonchev–Trinajstić information content (AvgIpc) is 3.54. The van der Waals surface area contributed by atoms with E-state index in [9.17, 15) is 18.4 Å². The van der Waals surface area contributed by atoms with Gasteiger partial charge in [0.05, 0.1) is 0 Å². The molecule has 0 aromatic carbocycles. The van der Waals surface area contributed by atoms with Crippen molar-refractivity contribution in [3.63, 3.8) is 0 Å². The summed E-state index contributed by atoms with van der Waals surface area (Å²) in [7, 11) is 0. The summed E-state index contributed by atoms with van der Waals surface area (Å²) in [5.41, 5.74) is 0. The highest BCUT2D eigenvalue weighted by molar-refractivity contribution is 5.92. The second kappa shape index (κ2) is 33.3. The van der Waals surface area contributed by atoms with E-state index in [1.54, 1.807) is 0 Å². The van der Waals surface area contributed by atoms with E-state index in [1.165, 1.54) is 115 Å². The first kappa shape index (κ1) is 45.2. The van der Waals surface area contributed by atoms with Crippen molar-refractivity contribution < 1.29 is 28.6 Å². The van der Waals surface area contributed by atoms with Crippen molar-refractivity contribution in [1.29, 1.82) is 0 Å². The molecule has 6 nitrogen and oxygen atoms in total. The van der Waals surface area contributed by atoms with Gasteiger partial charge in [-0.25, -0.2) is 8.78 Å². The largest absolute Gasteiger partial charge is 0.396 e. The summed E-state index contributed by atoms with van der Waals surface area (Å²) in [6.07, 6.45) is 36.1. The lowest BCUT2D eigenvalue weighted by Crippen LogP contribution is -2.37. The monoisotopic (exact) mass is 697 g/mol. The molecule has 0 saturated heterocycles. The number of amides is 2. The molecule has 4 N–H and O–H groups in total. The summed E-state index contributed by atoms with van der Waals surface area (Å²) in [4.78, 5) is 24.6. The van der Waals surface area contributed by atoms with Crippen molar-refractivity contribution in [2.24, 2.45) is 0 Å². The molecule has 0 heterocycles. The molecule has 1 aliphatic rings. The van der Waals surface area contributed by atoms with Crippen molar-refractivity contribution in [2.45, 2.75) is 211 Å². The van der Waals surface area contributed by atoms with E-state index < -0.39 is 23.5 Å². The fourth-order valence-electron chi connectivity index (χ4n) is 6.80. The van der Waals surface area contributed by atoms with Gasteiger partial charge in [-0.15, -0.1) is 0 Å². The fourth-order valence-corrected chi connectivity index (χ4v) is 6.80. The average molecular weight is 697 g/mol. The maximum absolute atomic E-state index is 14.4. The van der Waals surface area contributed by atoms with E-state index in [-0.39, 0.29) is 12.1 Å². The highest BCUT2D eigenvalue weighted by Gasteiger charge is 2.28. The molecule has 2 atom stereocenters. The Balaban J connectivity index is 2.02. The zero-order valence-electron chi connectivity index (χ0n) is 31.1. The highest BCUT2D eigenvalue weighted by Crippen LogP contribution is 2.21. The number of halogens is 2. The first-order valence-electron chi connectivity index (χ1n) is 20.5. The van der Waals surface area contributed by atoms with Crippen LogP contribution in [-0.4, -0.2) is 47.3 Å². The van der Waals surface area contributed by atoms with Gasteiger partial charge in [-0.2, -0.15) is 0 Å². The van der Waals surface area contributed by atoms with Crippen LogP contribution < -0.4 is 10.6 Å². The maximum Gasteiger partial charge on any atom is 0.279 e. The van der Waals surface area contributed by atoms with E-state index in [4.69, 9.17) is 10.2 Å². The Morgan fingerprint density at radius 2 is 0.694 bits per heavy atom. The van der Waals surface area contributed by atoms with Crippen LogP contribution in [0.3, 0.4) is 0 Å². The van der Waals surface area contributed by atoms with Gasteiger partial charge >= 0.3 is 0 Å². The number of nitrogens with one attached hydrogen (secondary N) is 2. The molecular weight excluding hydrogens is 622 g/mol. The van der Waals surface area contributed by atoms with Gasteiger partial charge < -0.3 is 20.8 Å². The SMILES string of the molecule is O=C(N[C@@H]1CC[C@H](NC(=O)/C(F)=C\CCCCCCCCCCCCCCCO)C1)/C(F)=C\CCCCCCCCCCCCCCCO. The molecule has 8 heteroatoms. The molecule has 1 fully saturated rings. The van der Waals surface area contributed by atoms with Gasteiger partial charge in [0.1, 0.15) is 0 Å². The first-order valence-corrected chi connectivity index (χ1v) is 20.5. The lowest BCUT2D eigenvalue weighted by Gasteiger charge is -2.14. The zero-order valence-corrected chi connectivity index (χ0v) is 31.1. The number of hydrogen-bond donors (Lipinski definition) is 4. The van der Waals surface area contributed by atoms with Crippen LogP contribution in [0.2, 0.25) is 0 Å². The number of carbonyl (C=O) groups excluding carboxylic acids is 2. The molecule has 0 bridgehead atoms. The molecule has 0 aliphatic heterocycles. The predicted molar refractivity (Wildman–Crippen MR) is 200 cm³/mol. The Labute approximate surface area is 298 Å². The van der Waals surface area contributed by atoms with Crippen LogP contribution in [-0.2, 0) is 9.59 Å². The quantitative estimate of drug-likeness (QED) is 0.0397. The van der Waals surface area contributed by atoms with E-state index in [1.807, 2.05) is 0 Å². The molecular formula is C41H74F2N2O4. The summed E-state index contributed by atoms with van der Waals surface area (Å²) in [5.74, 6) is -2.87. The van der Waals surface area contributed by atoms with Gasteiger partial charge in [0, 0.05) is 25.3 Å². The molecule has 1 rings (SSSR count). The fraction of sp³-hybridized carbons (Fsp3) is 0.854. The van der Waals surface area contributed by atoms with Gasteiger partial charge in [-0.1, -0.05) is 141 Å². The minimum Gasteiger partial charge on any atom is -0.396 e. The topological polar surface area (TPSA) is 98.7 Å². The summed E-state index contributed by atoms with van der Waals surface area (Å²) < 4.78 is 28.7. The van der Waals surface area contributed by atoms with Crippen molar-refractivity contribution >= 4 is 11.8 Å². The molecule has 286 valence electrons. The van der Waals surface area contributed by atoms with Gasteiger partial charge in [0.25, 0.3) is 11.8 Å². The number of aliphatic hydroxyl groups excluding tert-OH is 2. The zero-order chi connectivity index (χ0) is 35.6. The summed E-state index contributed by atoms with van der Waals surface area (Å²) in [6.45, 7) is 0.621. The van der Waals surface area contributed by atoms with E-state index in [2.05, 4.69) is 10.6 Å². The Morgan fingerprint density at radius 1 is 0.449 bits per heavy atom. The predicted octanol–water partition coefficient (Wildman–Crippen LogP) is 10.8. The second-order valence-electron chi connectivity index (χ2n) is 14.5. The number of unbranched alkanes of at least 4 members (excludes halogenated alkanes) is 26. The first-order chi connectivity index (χ1) is 24.0. The van der Waals surface area contributed by atoms with E-state index >= 15 is 0 Å². The van der Waals surface area contributed by atoms with Gasteiger partial charge in [-0.3, -0.25) is 9.59 Å². The number of carbonyl (C=O) groups is 2. The lowest BCUT2D eigenvalue weighted by molar-refractivity contribution is -0.119. The van der Waals surface area contributed by atoms with Crippen LogP contribution in [0.5, 0.6) is 0 Å². The number of allylic oxidation sites excluding steroid dienone is 2. The molecule has 0 aromatic rings. The van der Waals surface area contributed by atoms with Crippen LogP contribution in [0.25, 0.3) is 0 Å². The van der Waals surface area contributed by atoms with Crippen LogP contribution in [0.1, 0.15) is 199 Å². The Bertz CT molecular complexity index is 798. The molecule has 2 amide bonds. The lowest BCUT2D eigenvalue weighted by atomic mass is 10.0. The third-order valence-corrected chi connectivity index (χ3v) is 9.91. The molecule has 49 heavy (non-hydrogen) atoms. The van der Waals surface area contributed by atoms with Crippen LogP contribution >= 0.6 is 0 Å². The number of aliphatic hydroxyl groups is 2. The normalized spacial score (nSPS) is 16.7. The van der Waals surface area contributed by atoms with Gasteiger partial charge in [0.15, 0.2) is 11.7 Å². The summed E-state index contributed by atoms with van der Waals surface area (Å²) in [5, 5.41) is 23.1. The molecule has 0 spiro atoms. The van der Waals surface area contributed by atoms with E-state index in [0.717, 1.165) is 64.2 Å². The molecule has 0 unspecified atom stereocenters. The van der Waals surface area contributed by atoms with Crippen molar-refractivity contribution in [2.75, 3.05) is 13.2 Å². The van der Waals surface area contributed by atoms with Crippen LogP contribution in [0, 0.1) is 0 Å². The Kier molecular flexibility index (Phi) is 30.8. The van der Waals surface area contributed by atoms with Crippen molar-refractivity contribution in [3.8, 4) is 0 Å². The third kappa shape index (κ3) is 27.6. The van der Waals surface area contributed by atoms with Crippen LogP contribution in [0.4, 0.5) is 8.78 Å². The second-order valence-corrected chi connectivity index (χ2v) is 14.5. The minimum atomic E-state index is -0.741. The third-order valence-electron chi connectivity index (χ3n) is 9.91. The summed E-state index contributed by atoms with van der Waals surface area (Å²) in [6, 6.07) is -0.449. The molecule has 0 radical (unpaired) electrons. The van der Waals surface area contributed by atoms with Crippen molar-refractivity contribution in [3.05, 3.63) is 23.8 Å². The standard InChI is InChI=1S/C41H74F2N2O4/c42-38(29-25-21-17-13-9-5-1-3-7-11-15-19-23-27-33-46)40(48)44-36-31-32-37(35-36)45-41(49)39(43)30-26-22-18-14-10-6-2-4-8-12-16-20-24-28-34-47/h29-30,36-37,46-47H,1-28,31-35H2,(H,44,48)(H,45,49)/b38-29+,39-30+/t36-,37+. The van der Waals surface area contributed by atoms with Gasteiger partial charge in [-0.05, 0) is 69.9 Å². The van der Waals surface area contributed by atoms with E-state index in [0.29, 0.717) is 45.3 Å². The number of hydrogen-bond acceptors (Lipinski definition) is 4. The molecule has 1 saturated carbocycles. The Morgan fingerprint density at radius 3 is 0.959 bits per heavy atom. The molecule has 1 aliphatic carbocycles. The smallest absolute Gasteiger partial charge is 0.279 e.